The quantitative estimate of drug-likeness (QED) is 0.785. The molecule has 0 aliphatic heterocycles. The molecule has 0 fully saturated rings. The zero-order chi connectivity index (χ0) is 15.6. The Balaban J connectivity index is 2.31. The van der Waals surface area contributed by atoms with Crippen molar-refractivity contribution in [1.82, 2.24) is 4.98 Å². The van der Waals surface area contributed by atoms with E-state index in [1.54, 1.807) is 5.38 Å². The number of halogens is 3. The van der Waals surface area contributed by atoms with Crippen LogP contribution in [0.1, 0.15) is 5.69 Å². The summed E-state index contributed by atoms with van der Waals surface area (Å²) in [7, 11) is -2.79. The average Bonchev–Trinajstić information content (AvgIpc) is 2.80. The second-order valence-electron chi connectivity index (χ2n) is 3.88. The highest BCUT2D eigenvalue weighted by molar-refractivity contribution is 9.10. The Morgan fingerprint density at radius 3 is 2.76 bits per heavy atom. The lowest BCUT2D eigenvalue weighted by atomic mass is 10.3. The molecule has 21 heavy (non-hydrogen) atoms. The van der Waals surface area contributed by atoms with Gasteiger partial charge in [0.15, 0.2) is 5.13 Å². The second kappa shape index (κ2) is 6.34. The Kier molecular flexibility index (Phi) is 4.91. The van der Waals surface area contributed by atoms with Crippen molar-refractivity contribution in [2.45, 2.75) is 11.5 Å². The Hall–Kier alpha value is -1.10. The molecular formula is C11H9BrF2N2O3S2. The monoisotopic (exact) mass is 398 g/mol. The van der Waals surface area contributed by atoms with Crippen molar-refractivity contribution in [2.24, 2.45) is 0 Å². The summed E-state index contributed by atoms with van der Waals surface area (Å²) in [5.74, 6) is -1.94. The Labute approximate surface area is 132 Å². The number of methoxy groups -OCH3 is 1. The summed E-state index contributed by atoms with van der Waals surface area (Å²) in [5.41, 5.74) is 0.530. The third-order valence-electron chi connectivity index (χ3n) is 2.33. The maximum absolute atomic E-state index is 13.7. The lowest BCUT2D eigenvalue weighted by molar-refractivity contribution is 0.182. The Morgan fingerprint density at radius 2 is 2.10 bits per heavy atom. The van der Waals surface area contributed by atoms with Gasteiger partial charge in [-0.05, 0) is 28.1 Å². The van der Waals surface area contributed by atoms with Gasteiger partial charge < -0.3 is 4.74 Å². The number of nitrogens with one attached hydrogen (secondary N) is 1. The molecule has 0 radical (unpaired) electrons. The number of thiazole rings is 1. The van der Waals surface area contributed by atoms with Crippen molar-refractivity contribution in [1.29, 1.82) is 0 Å². The molecule has 0 aliphatic carbocycles. The lowest BCUT2D eigenvalue weighted by Crippen LogP contribution is -2.15. The van der Waals surface area contributed by atoms with Crippen molar-refractivity contribution >= 4 is 42.4 Å². The van der Waals surface area contributed by atoms with Crippen molar-refractivity contribution in [3.05, 3.63) is 39.3 Å². The van der Waals surface area contributed by atoms with E-state index in [4.69, 9.17) is 4.74 Å². The van der Waals surface area contributed by atoms with E-state index in [1.807, 2.05) is 0 Å². The Bertz CT molecular complexity index is 765. The molecule has 1 aromatic carbocycles. The SMILES string of the molecule is COCc1csc(NS(=O)(=O)c2cc(F)c(Br)cc2F)n1. The third-order valence-corrected chi connectivity index (χ3v) is 5.23. The highest BCUT2D eigenvalue weighted by Gasteiger charge is 2.22. The van der Waals surface area contributed by atoms with Crippen molar-refractivity contribution < 1.29 is 21.9 Å². The van der Waals surface area contributed by atoms with Crippen molar-refractivity contribution in [2.75, 3.05) is 11.8 Å². The largest absolute Gasteiger partial charge is 0.378 e. The van der Waals surface area contributed by atoms with Gasteiger partial charge in [0.2, 0.25) is 0 Å². The maximum atomic E-state index is 13.7. The van der Waals surface area contributed by atoms with Gasteiger partial charge in [0, 0.05) is 12.5 Å². The lowest BCUT2D eigenvalue weighted by Gasteiger charge is -2.07. The van der Waals surface area contributed by atoms with Gasteiger partial charge in [-0.15, -0.1) is 11.3 Å². The van der Waals surface area contributed by atoms with Gasteiger partial charge in [0.1, 0.15) is 16.5 Å². The first-order chi connectivity index (χ1) is 9.83. The number of rotatable bonds is 5. The number of ether oxygens (including phenoxy) is 1. The highest BCUT2D eigenvalue weighted by Crippen LogP contribution is 2.26. The predicted molar refractivity (Wildman–Crippen MR) is 77.7 cm³/mol. The molecule has 0 spiro atoms. The molecule has 0 saturated heterocycles. The van der Waals surface area contributed by atoms with E-state index in [2.05, 4.69) is 25.6 Å². The van der Waals surface area contributed by atoms with Crippen LogP contribution in [0.4, 0.5) is 13.9 Å². The first-order valence-electron chi connectivity index (χ1n) is 5.44. The van der Waals surface area contributed by atoms with Crippen LogP contribution in [0.15, 0.2) is 26.9 Å². The van der Waals surface area contributed by atoms with Crippen LogP contribution in [-0.2, 0) is 21.4 Å². The minimum atomic E-state index is -4.26. The van der Waals surface area contributed by atoms with Crippen LogP contribution in [0, 0.1) is 11.6 Å². The topological polar surface area (TPSA) is 68.3 Å². The number of hydrogen-bond acceptors (Lipinski definition) is 5. The molecule has 0 aliphatic rings. The van der Waals surface area contributed by atoms with Crippen LogP contribution in [-0.4, -0.2) is 20.5 Å². The van der Waals surface area contributed by atoms with E-state index < -0.39 is 26.6 Å². The molecule has 2 rings (SSSR count). The van der Waals surface area contributed by atoms with Crippen molar-refractivity contribution in [3.63, 3.8) is 0 Å². The minimum absolute atomic E-state index is 0.0461. The smallest absolute Gasteiger partial charge is 0.266 e. The molecule has 0 unspecified atom stereocenters. The zero-order valence-electron chi connectivity index (χ0n) is 10.6. The number of sulfonamides is 1. The van der Waals surface area contributed by atoms with Gasteiger partial charge in [0.25, 0.3) is 10.0 Å². The number of aromatic nitrogens is 1. The molecule has 5 nitrogen and oxygen atoms in total. The molecule has 0 saturated carbocycles. The van der Waals surface area contributed by atoms with Gasteiger partial charge in [-0.25, -0.2) is 22.2 Å². The van der Waals surface area contributed by atoms with E-state index in [9.17, 15) is 17.2 Å². The molecule has 0 bridgehead atoms. The van der Waals surface area contributed by atoms with Gasteiger partial charge in [-0.1, -0.05) is 0 Å². The number of anilines is 1. The van der Waals surface area contributed by atoms with Crippen LogP contribution >= 0.6 is 27.3 Å². The molecule has 0 atom stereocenters. The summed E-state index contributed by atoms with van der Waals surface area (Å²) in [4.78, 5) is 3.17. The van der Waals surface area contributed by atoms with Crippen LogP contribution in [0.3, 0.4) is 0 Å². The zero-order valence-corrected chi connectivity index (χ0v) is 13.8. The van der Waals surface area contributed by atoms with E-state index in [1.165, 1.54) is 7.11 Å². The molecule has 0 amide bonds. The van der Waals surface area contributed by atoms with Crippen LogP contribution < -0.4 is 4.72 Å². The Morgan fingerprint density at radius 1 is 1.38 bits per heavy atom. The van der Waals surface area contributed by atoms with Crippen molar-refractivity contribution in [3.8, 4) is 0 Å². The van der Waals surface area contributed by atoms with Gasteiger partial charge in [-0.3, -0.25) is 4.72 Å². The summed E-state index contributed by atoms with van der Waals surface area (Å²) in [6.45, 7) is 0.222. The summed E-state index contributed by atoms with van der Waals surface area (Å²) in [5, 5.41) is 1.64. The van der Waals surface area contributed by atoms with Crippen LogP contribution in [0.5, 0.6) is 0 Å². The van der Waals surface area contributed by atoms with Gasteiger partial charge in [0.05, 0.1) is 16.8 Å². The average molecular weight is 399 g/mol. The van der Waals surface area contributed by atoms with Gasteiger partial charge in [-0.2, -0.15) is 0 Å². The van der Waals surface area contributed by atoms with Crippen LogP contribution in [0.2, 0.25) is 0 Å². The molecule has 10 heteroatoms. The van der Waals surface area contributed by atoms with E-state index >= 15 is 0 Å². The molecule has 1 N–H and O–H groups in total. The summed E-state index contributed by atoms with van der Waals surface area (Å²) >= 11 is 3.80. The normalized spacial score (nSPS) is 11.6. The first-order valence-corrected chi connectivity index (χ1v) is 8.60. The standard InChI is InChI=1S/C11H9BrF2N2O3S2/c1-19-4-6-5-20-11(15-6)16-21(17,18)10-3-8(13)7(12)2-9(10)14/h2-3,5H,4H2,1H3,(H,15,16). The minimum Gasteiger partial charge on any atom is -0.378 e. The van der Waals surface area contributed by atoms with E-state index in [0.29, 0.717) is 11.8 Å². The number of benzene rings is 1. The summed E-state index contributed by atoms with van der Waals surface area (Å²) in [6, 6.07) is 1.35. The van der Waals surface area contributed by atoms with Gasteiger partial charge >= 0.3 is 0 Å². The number of nitrogens with zero attached hydrogens (tertiary/aromatic N) is 1. The number of hydrogen-bond donors (Lipinski definition) is 1. The fraction of sp³-hybridized carbons (Fsp3) is 0.182. The fourth-order valence-electron chi connectivity index (χ4n) is 1.45. The highest BCUT2D eigenvalue weighted by atomic mass is 79.9. The first kappa shape index (κ1) is 16.3. The third kappa shape index (κ3) is 3.76. The molecule has 1 heterocycles. The summed E-state index contributed by atoms with van der Waals surface area (Å²) < 4.78 is 58.0. The maximum Gasteiger partial charge on any atom is 0.266 e. The van der Waals surface area contributed by atoms with E-state index in [0.717, 1.165) is 17.4 Å². The molecule has 1 aromatic heterocycles. The predicted octanol–water partition coefficient (Wildman–Crippen LogP) is 3.13. The molecule has 114 valence electrons. The molecule has 2 aromatic rings. The van der Waals surface area contributed by atoms with E-state index in [-0.39, 0.29) is 16.2 Å². The fourth-order valence-corrected chi connectivity index (χ4v) is 3.78. The molecular weight excluding hydrogens is 390 g/mol. The van der Waals surface area contributed by atoms with Crippen LogP contribution in [0.25, 0.3) is 0 Å². The summed E-state index contributed by atoms with van der Waals surface area (Å²) in [6.07, 6.45) is 0. The second-order valence-corrected chi connectivity index (χ2v) is 7.24.